The van der Waals surface area contributed by atoms with Crippen LogP contribution < -0.4 is 5.73 Å². The van der Waals surface area contributed by atoms with Crippen molar-refractivity contribution in [2.24, 2.45) is 5.73 Å². The predicted octanol–water partition coefficient (Wildman–Crippen LogP) is 21.1. The Morgan fingerprint density at radius 1 is 0.403 bits per heavy atom. The standard InChI is InChI=1S/C67H124NO8P/c1-3-5-7-9-11-13-15-17-19-21-23-25-27-29-31-32-34-36-38-40-42-44-46-48-50-52-54-56-58-60-67(70)76-65(64-75-77(71,72)74-62-61-68)63-73-66(69)59-57-55-53-51-49-47-45-43-41-39-37-35-33-30-28-26-24-22-20-18-16-14-12-10-8-6-4-2/h5,7,11,13,17,19,22-25,65H,3-4,6,8-10,12,14-16,18,20-21,26-64,68H2,1-2H3,(H,71,72)/b7-5-,13-11-,19-17-,24-22-,25-23-. The second kappa shape index (κ2) is 62.9. The molecule has 0 heterocycles. The third kappa shape index (κ3) is 62.8. The van der Waals surface area contributed by atoms with Gasteiger partial charge in [-0.3, -0.25) is 18.6 Å². The Morgan fingerprint density at radius 2 is 0.714 bits per heavy atom. The van der Waals surface area contributed by atoms with Crippen LogP contribution in [0.4, 0.5) is 0 Å². The first-order chi connectivity index (χ1) is 37.8. The van der Waals surface area contributed by atoms with Crippen LogP contribution in [-0.2, 0) is 32.7 Å². The molecule has 2 atom stereocenters. The summed E-state index contributed by atoms with van der Waals surface area (Å²) in [5.41, 5.74) is 5.40. The summed E-state index contributed by atoms with van der Waals surface area (Å²) < 4.78 is 33.1. The second-order valence-electron chi connectivity index (χ2n) is 22.0. The van der Waals surface area contributed by atoms with Gasteiger partial charge in [-0.15, -0.1) is 0 Å². The maximum absolute atomic E-state index is 12.7. The summed E-state index contributed by atoms with van der Waals surface area (Å²) in [6.45, 7) is 3.68. The van der Waals surface area contributed by atoms with Crippen molar-refractivity contribution in [3.8, 4) is 0 Å². The quantitative estimate of drug-likeness (QED) is 0.0264. The fraction of sp³-hybridized carbons (Fsp3) is 0.821. The lowest BCUT2D eigenvalue weighted by atomic mass is 10.0. The largest absolute Gasteiger partial charge is 0.472 e. The van der Waals surface area contributed by atoms with Crippen molar-refractivity contribution in [2.75, 3.05) is 26.4 Å². The molecule has 0 aliphatic rings. The van der Waals surface area contributed by atoms with E-state index in [4.69, 9.17) is 24.3 Å². The molecule has 0 spiro atoms. The summed E-state index contributed by atoms with van der Waals surface area (Å²) in [7, 11) is -4.39. The molecule has 0 amide bonds. The van der Waals surface area contributed by atoms with Gasteiger partial charge >= 0.3 is 19.8 Å². The van der Waals surface area contributed by atoms with Crippen molar-refractivity contribution in [3.05, 3.63) is 60.8 Å². The molecule has 0 bridgehead atoms. The number of unbranched alkanes of at least 4 members (excludes halogenated alkanes) is 39. The Hall–Kier alpha value is -2.29. The summed E-state index contributed by atoms with van der Waals surface area (Å²) in [5, 5.41) is 0. The number of carbonyl (C=O) groups excluding carboxylic acids is 2. The summed E-state index contributed by atoms with van der Waals surface area (Å²) in [4.78, 5) is 35.3. The average Bonchev–Trinajstić information content (AvgIpc) is 3.42. The number of allylic oxidation sites excluding steroid dienone is 10. The Kier molecular flexibility index (Phi) is 61.0. The van der Waals surface area contributed by atoms with Gasteiger partial charge in [-0.1, -0.05) is 293 Å². The third-order valence-corrected chi connectivity index (χ3v) is 15.4. The van der Waals surface area contributed by atoms with Crippen LogP contribution >= 0.6 is 7.82 Å². The zero-order chi connectivity index (χ0) is 55.9. The molecule has 0 aromatic carbocycles. The SMILES string of the molecule is CC/C=C\C/C=C\C/C=C\C/C=C\CCCCCCCCCCCCCCCCCCC(=O)OC(COC(=O)CCCCCCCCCCCCCCCCC/C=C\CCCCCCCCCC)COP(=O)(O)OCCN. The van der Waals surface area contributed by atoms with Crippen molar-refractivity contribution < 1.29 is 37.6 Å². The summed E-state index contributed by atoms with van der Waals surface area (Å²) in [5.74, 6) is -0.813. The molecule has 77 heavy (non-hydrogen) atoms. The number of nitrogens with two attached hydrogens (primary N) is 1. The summed E-state index contributed by atoms with van der Waals surface area (Å²) in [6.07, 6.45) is 80.1. The van der Waals surface area contributed by atoms with E-state index in [0.29, 0.717) is 6.42 Å². The van der Waals surface area contributed by atoms with Crippen molar-refractivity contribution in [1.29, 1.82) is 0 Å². The molecule has 2 unspecified atom stereocenters. The minimum Gasteiger partial charge on any atom is -0.462 e. The minimum atomic E-state index is -4.39. The maximum atomic E-state index is 12.7. The van der Waals surface area contributed by atoms with Crippen LogP contribution in [0.3, 0.4) is 0 Å². The number of phosphoric acid groups is 1. The molecule has 0 aliphatic heterocycles. The lowest BCUT2D eigenvalue weighted by Gasteiger charge is -2.19. The highest BCUT2D eigenvalue weighted by atomic mass is 31.2. The molecule has 0 aromatic rings. The van der Waals surface area contributed by atoms with E-state index in [9.17, 15) is 19.0 Å². The van der Waals surface area contributed by atoms with E-state index in [0.717, 1.165) is 64.2 Å². The Morgan fingerprint density at radius 3 is 1.08 bits per heavy atom. The third-order valence-electron chi connectivity index (χ3n) is 14.4. The number of hydrogen-bond acceptors (Lipinski definition) is 8. The van der Waals surface area contributed by atoms with Crippen LogP contribution in [0.25, 0.3) is 0 Å². The lowest BCUT2D eigenvalue weighted by Crippen LogP contribution is -2.29. The molecule has 0 fully saturated rings. The van der Waals surface area contributed by atoms with E-state index in [2.05, 4.69) is 74.6 Å². The van der Waals surface area contributed by atoms with Crippen molar-refractivity contribution >= 4 is 19.8 Å². The highest BCUT2D eigenvalue weighted by molar-refractivity contribution is 7.47. The molecule has 0 aliphatic carbocycles. The normalized spacial score (nSPS) is 13.4. The fourth-order valence-corrected chi connectivity index (χ4v) is 10.3. The van der Waals surface area contributed by atoms with Gasteiger partial charge in [-0.2, -0.15) is 0 Å². The van der Waals surface area contributed by atoms with Gasteiger partial charge in [0.2, 0.25) is 0 Å². The van der Waals surface area contributed by atoms with Gasteiger partial charge in [0.25, 0.3) is 0 Å². The first-order valence-electron chi connectivity index (χ1n) is 32.8. The number of rotatable bonds is 62. The zero-order valence-corrected chi connectivity index (χ0v) is 51.3. The van der Waals surface area contributed by atoms with Gasteiger partial charge in [0.1, 0.15) is 6.61 Å². The van der Waals surface area contributed by atoms with Crippen LogP contribution in [0, 0.1) is 0 Å². The number of phosphoric ester groups is 1. The van der Waals surface area contributed by atoms with Crippen LogP contribution in [0.1, 0.15) is 322 Å². The minimum absolute atomic E-state index is 0.0538. The first kappa shape index (κ1) is 74.7. The number of carbonyl (C=O) groups is 2. The molecular weight excluding hydrogens is 978 g/mol. The summed E-state index contributed by atoms with van der Waals surface area (Å²) >= 11 is 0. The van der Waals surface area contributed by atoms with E-state index in [1.807, 2.05) is 0 Å². The van der Waals surface area contributed by atoms with Gasteiger partial charge in [0, 0.05) is 19.4 Å². The van der Waals surface area contributed by atoms with Gasteiger partial charge < -0.3 is 20.1 Å². The second-order valence-corrected chi connectivity index (χ2v) is 23.4. The molecule has 3 N–H and O–H groups in total. The van der Waals surface area contributed by atoms with Gasteiger partial charge in [0.15, 0.2) is 6.10 Å². The molecular formula is C67H124NO8P. The van der Waals surface area contributed by atoms with Crippen LogP contribution in [0.15, 0.2) is 60.8 Å². The topological polar surface area (TPSA) is 134 Å². The monoisotopic (exact) mass is 1100 g/mol. The van der Waals surface area contributed by atoms with Crippen molar-refractivity contribution in [3.63, 3.8) is 0 Å². The molecule has 450 valence electrons. The van der Waals surface area contributed by atoms with Gasteiger partial charge in [0.05, 0.1) is 13.2 Å². The number of ether oxygens (including phenoxy) is 2. The smallest absolute Gasteiger partial charge is 0.462 e. The number of hydrogen-bond donors (Lipinski definition) is 2. The van der Waals surface area contributed by atoms with E-state index < -0.39 is 26.5 Å². The highest BCUT2D eigenvalue weighted by Crippen LogP contribution is 2.43. The van der Waals surface area contributed by atoms with Crippen LogP contribution in [0.5, 0.6) is 0 Å². The molecule has 0 saturated carbocycles. The summed E-state index contributed by atoms with van der Waals surface area (Å²) in [6, 6.07) is 0. The van der Waals surface area contributed by atoms with E-state index in [1.54, 1.807) is 0 Å². The van der Waals surface area contributed by atoms with Gasteiger partial charge in [-0.25, -0.2) is 4.57 Å². The van der Waals surface area contributed by atoms with E-state index in [1.165, 1.54) is 225 Å². The Labute approximate surface area is 476 Å². The van der Waals surface area contributed by atoms with Crippen molar-refractivity contribution in [2.45, 2.75) is 328 Å². The molecule has 0 aromatic heterocycles. The average molecular weight is 1100 g/mol. The lowest BCUT2D eigenvalue weighted by molar-refractivity contribution is -0.161. The van der Waals surface area contributed by atoms with Gasteiger partial charge in [-0.05, 0) is 77.0 Å². The van der Waals surface area contributed by atoms with E-state index >= 15 is 0 Å². The predicted molar refractivity (Wildman–Crippen MR) is 330 cm³/mol. The number of esters is 2. The molecule has 0 rings (SSSR count). The van der Waals surface area contributed by atoms with Crippen molar-refractivity contribution in [1.82, 2.24) is 0 Å². The highest BCUT2D eigenvalue weighted by Gasteiger charge is 2.26. The first-order valence-corrected chi connectivity index (χ1v) is 34.3. The van der Waals surface area contributed by atoms with E-state index in [-0.39, 0.29) is 38.6 Å². The maximum Gasteiger partial charge on any atom is 0.472 e. The molecule has 0 saturated heterocycles. The van der Waals surface area contributed by atoms with Crippen LogP contribution in [0.2, 0.25) is 0 Å². The molecule has 0 radical (unpaired) electrons. The Balaban J connectivity index is 3.88. The van der Waals surface area contributed by atoms with Crippen LogP contribution in [-0.4, -0.2) is 49.3 Å². The zero-order valence-electron chi connectivity index (χ0n) is 50.4. The molecule has 10 heteroatoms. The Bertz CT molecular complexity index is 1440. The fourth-order valence-electron chi connectivity index (χ4n) is 9.57. The molecule has 9 nitrogen and oxygen atoms in total.